The molecule has 174 valence electrons. The fraction of sp³-hybridized carbons (Fsp3) is 0.586. The largest absolute Gasteiger partial charge is 0.387 e. The number of nitrogens with zero attached hydrogens (tertiary/aromatic N) is 1. The van der Waals surface area contributed by atoms with Crippen molar-refractivity contribution in [3.63, 3.8) is 0 Å². The van der Waals surface area contributed by atoms with Crippen LogP contribution in [0.5, 0.6) is 0 Å². The van der Waals surface area contributed by atoms with Crippen LogP contribution < -0.4 is 0 Å². The standard InChI is InChI=1S/C29H42NO2/c1-9-24-12-21(4)22(5)14-26(24)16-28(31)17-29(32-18-28)15-23(6)30(7,8)27(29)25-11-10-19(2)20(3)13-25/h10-14,23,27,31H,9,15-18H2,1-8H3/q+1. The number of aryl methyl sites for hydroxylation is 5. The Morgan fingerprint density at radius 3 is 2.22 bits per heavy atom. The molecule has 2 aromatic carbocycles. The number of hydrogen-bond acceptors (Lipinski definition) is 2. The van der Waals surface area contributed by atoms with Gasteiger partial charge in [-0.3, -0.25) is 0 Å². The van der Waals surface area contributed by atoms with E-state index in [0.29, 0.717) is 25.5 Å². The maximum Gasteiger partial charge on any atom is 0.144 e. The molecule has 1 spiro atoms. The van der Waals surface area contributed by atoms with Crippen molar-refractivity contribution in [2.24, 2.45) is 0 Å². The zero-order valence-corrected chi connectivity index (χ0v) is 21.4. The Kier molecular flexibility index (Phi) is 5.85. The smallest absolute Gasteiger partial charge is 0.144 e. The molecule has 0 saturated carbocycles. The molecule has 3 heteroatoms. The first-order valence-corrected chi connectivity index (χ1v) is 12.3. The van der Waals surface area contributed by atoms with Gasteiger partial charge in [-0.25, -0.2) is 0 Å². The molecule has 2 saturated heterocycles. The molecule has 0 bridgehead atoms. The molecule has 4 rings (SSSR count). The Morgan fingerprint density at radius 1 is 0.969 bits per heavy atom. The van der Waals surface area contributed by atoms with Gasteiger partial charge in [0.05, 0.1) is 32.3 Å². The van der Waals surface area contributed by atoms with Crippen molar-refractivity contribution < 1.29 is 14.3 Å². The quantitative estimate of drug-likeness (QED) is 0.639. The van der Waals surface area contributed by atoms with Crippen LogP contribution in [-0.2, 0) is 17.6 Å². The monoisotopic (exact) mass is 436 g/mol. The maximum atomic E-state index is 11.8. The number of likely N-dealkylation sites (N-methyl/N-ethyl adjacent to an activating group) is 1. The number of aliphatic hydroxyl groups is 1. The van der Waals surface area contributed by atoms with E-state index in [2.05, 4.69) is 86.0 Å². The molecule has 2 heterocycles. The van der Waals surface area contributed by atoms with E-state index in [4.69, 9.17) is 4.74 Å². The molecule has 32 heavy (non-hydrogen) atoms. The fourth-order valence-corrected chi connectivity index (χ4v) is 6.47. The predicted molar refractivity (Wildman–Crippen MR) is 132 cm³/mol. The first kappa shape index (κ1) is 23.5. The predicted octanol–water partition coefficient (Wildman–Crippen LogP) is 5.53. The van der Waals surface area contributed by atoms with Crippen molar-refractivity contribution in [2.45, 2.75) is 90.5 Å². The minimum absolute atomic E-state index is 0.219. The van der Waals surface area contributed by atoms with E-state index in [0.717, 1.165) is 17.3 Å². The number of likely N-dealkylation sites (tertiary alicyclic amines) is 1. The van der Waals surface area contributed by atoms with Gasteiger partial charge < -0.3 is 14.3 Å². The molecule has 4 unspecified atom stereocenters. The van der Waals surface area contributed by atoms with Gasteiger partial charge in [-0.15, -0.1) is 0 Å². The Balaban J connectivity index is 1.70. The normalized spacial score (nSPS) is 31.5. The SMILES string of the molecule is CCc1cc(C)c(C)cc1CC1(O)COC2(CC(C)[N+](C)(C)C2c2ccc(C)c(C)c2)C1. The molecule has 0 aromatic heterocycles. The molecule has 0 amide bonds. The highest BCUT2D eigenvalue weighted by atomic mass is 16.5. The zero-order chi connectivity index (χ0) is 23.5. The minimum atomic E-state index is -0.826. The Bertz CT molecular complexity index is 1030. The summed E-state index contributed by atoms with van der Waals surface area (Å²) in [5.74, 6) is 0. The lowest BCUT2D eigenvalue weighted by atomic mass is 9.78. The Hall–Kier alpha value is -1.68. The van der Waals surface area contributed by atoms with E-state index in [1.165, 1.54) is 38.9 Å². The van der Waals surface area contributed by atoms with Crippen LogP contribution in [0.3, 0.4) is 0 Å². The van der Waals surface area contributed by atoms with Crippen molar-refractivity contribution >= 4 is 0 Å². The molecule has 0 aliphatic carbocycles. The van der Waals surface area contributed by atoms with Gasteiger partial charge in [0.15, 0.2) is 0 Å². The van der Waals surface area contributed by atoms with Gasteiger partial charge in [-0.1, -0.05) is 31.2 Å². The number of hydrogen-bond donors (Lipinski definition) is 1. The Morgan fingerprint density at radius 2 is 1.59 bits per heavy atom. The number of benzene rings is 2. The van der Waals surface area contributed by atoms with Crippen LogP contribution in [-0.4, -0.2) is 47.5 Å². The lowest BCUT2D eigenvalue weighted by molar-refractivity contribution is -0.932. The third-order valence-corrected chi connectivity index (χ3v) is 8.76. The number of ether oxygens (including phenoxy) is 1. The molecule has 2 aromatic rings. The maximum absolute atomic E-state index is 11.8. The summed E-state index contributed by atoms with van der Waals surface area (Å²) in [7, 11) is 4.66. The molecule has 4 atom stereocenters. The summed E-state index contributed by atoms with van der Waals surface area (Å²) in [5, 5.41) is 11.8. The summed E-state index contributed by atoms with van der Waals surface area (Å²) in [5.41, 5.74) is 8.10. The van der Waals surface area contributed by atoms with Crippen molar-refractivity contribution in [2.75, 3.05) is 20.7 Å². The van der Waals surface area contributed by atoms with E-state index in [1.54, 1.807) is 0 Å². The van der Waals surface area contributed by atoms with Crippen LogP contribution in [0.4, 0.5) is 0 Å². The Labute approximate surface area is 195 Å². The molecule has 0 radical (unpaired) electrons. The molecule has 2 fully saturated rings. The topological polar surface area (TPSA) is 29.5 Å². The third kappa shape index (κ3) is 3.83. The summed E-state index contributed by atoms with van der Waals surface area (Å²) in [6.45, 7) is 13.7. The van der Waals surface area contributed by atoms with Crippen molar-refractivity contribution in [3.05, 3.63) is 69.3 Å². The summed E-state index contributed by atoms with van der Waals surface area (Å²) in [6, 6.07) is 12.1. The van der Waals surface area contributed by atoms with E-state index < -0.39 is 5.60 Å². The first-order valence-electron chi connectivity index (χ1n) is 12.3. The minimum Gasteiger partial charge on any atom is -0.387 e. The molecule has 2 aliphatic rings. The molecule has 2 aliphatic heterocycles. The molecule has 1 N–H and O–H groups in total. The average molecular weight is 437 g/mol. The van der Waals surface area contributed by atoms with E-state index in [-0.39, 0.29) is 11.6 Å². The first-order chi connectivity index (χ1) is 14.9. The summed E-state index contributed by atoms with van der Waals surface area (Å²) < 4.78 is 7.59. The van der Waals surface area contributed by atoms with E-state index in [1.807, 2.05) is 0 Å². The van der Waals surface area contributed by atoms with Crippen LogP contribution in [0.2, 0.25) is 0 Å². The summed E-state index contributed by atoms with van der Waals surface area (Å²) in [6.07, 6.45) is 3.33. The highest BCUT2D eigenvalue weighted by Gasteiger charge is 2.65. The second kappa shape index (κ2) is 7.97. The van der Waals surface area contributed by atoms with Gasteiger partial charge in [0, 0.05) is 24.8 Å². The molecular formula is C29H42NO2+. The summed E-state index contributed by atoms with van der Waals surface area (Å²) in [4.78, 5) is 0. The second-order valence-electron chi connectivity index (χ2n) is 11.4. The van der Waals surface area contributed by atoms with E-state index >= 15 is 0 Å². The van der Waals surface area contributed by atoms with Crippen molar-refractivity contribution in [1.29, 1.82) is 0 Å². The third-order valence-electron chi connectivity index (χ3n) is 8.76. The van der Waals surface area contributed by atoms with Gasteiger partial charge in [-0.2, -0.15) is 0 Å². The van der Waals surface area contributed by atoms with Crippen LogP contribution in [0.1, 0.15) is 71.7 Å². The van der Waals surface area contributed by atoms with Gasteiger partial charge in [0.2, 0.25) is 0 Å². The number of rotatable bonds is 4. The van der Waals surface area contributed by atoms with Gasteiger partial charge in [0.1, 0.15) is 11.6 Å². The van der Waals surface area contributed by atoms with Crippen LogP contribution in [0.15, 0.2) is 30.3 Å². The molecular weight excluding hydrogens is 394 g/mol. The van der Waals surface area contributed by atoms with Crippen molar-refractivity contribution in [3.8, 4) is 0 Å². The van der Waals surface area contributed by atoms with Crippen molar-refractivity contribution in [1.82, 2.24) is 0 Å². The van der Waals surface area contributed by atoms with Crippen LogP contribution in [0, 0.1) is 27.7 Å². The zero-order valence-electron chi connectivity index (χ0n) is 21.4. The summed E-state index contributed by atoms with van der Waals surface area (Å²) >= 11 is 0. The molecule has 3 nitrogen and oxygen atoms in total. The second-order valence-corrected chi connectivity index (χ2v) is 11.4. The van der Waals surface area contributed by atoms with Gasteiger partial charge in [0.25, 0.3) is 0 Å². The van der Waals surface area contributed by atoms with E-state index in [9.17, 15) is 5.11 Å². The lowest BCUT2D eigenvalue weighted by Gasteiger charge is -2.40. The highest BCUT2D eigenvalue weighted by molar-refractivity contribution is 5.39. The van der Waals surface area contributed by atoms with Gasteiger partial charge >= 0.3 is 0 Å². The van der Waals surface area contributed by atoms with Gasteiger partial charge in [-0.05, 0) is 80.5 Å². The van der Waals surface area contributed by atoms with Crippen LogP contribution >= 0.6 is 0 Å². The lowest BCUT2D eigenvalue weighted by Crippen LogP contribution is -2.48. The average Bonchev–Trinajstić information content (AvgIpc) is 3.12. The van der Waals surface area contributed by atoms with Crippen LogP contribution in [0.25, 0.3) is 0 Å². The number of quaternary nitrogens is 1. The fourth-order valence-electron chi connectivity index (χ4n) is 6.47. The highest BCUT2D eigenvalue weighted by Crippen LogP contribution is 2.56.